The van der Waals surface area contributed by atoms with Gasteiger partial charge in [0.25, 0.3) is 0 Å². The third-order valence-electron chi connectivity index (χ3n) is 4.20. The van der Waals surface area contributed by atoms with E-state index >= 15 is 0 Å². The molecular formula is C14H26N4O3S. The lowest BCUT2D eigenvalue weighted by Crippen LogP contribution is -2.51. The summed E-state index contributed by atoms with van der Waals surface area (Å²) in [4.78, 5) is 4.23. The van der Waals surface area contributed by atoms with Crippen LogP contribution in [0.1, 0.15) is 51.9 Å². The van der Waals surface area contributed by atoms with E-state index < -0.39 is 10.0 Å². The monoisotopic (exact) mass is 330 g/mol. The summed E-state index contributed by atoms with van der Waals surface area (Å²) >= 11 is 0. The van der Waals surface area contributed by atoms with Crippen LogP contribution in [-0.2, 0) is 10.0 Å². The molecule has 1 saturated heterocycles. The summed E-state index contributed by atoms with van der Waals surface area (Å²) in [5.41, 5.74) is 0. The van der Waals surface area contributed by atoms with Gasteiger partial charge < -0.3 is 9.84 Å². The standard InChI is InChI=1S/C14H26N4O3S/c1-9(2)22(19,20)18-7-6-13(10(3)8-18)15-11(4)14-16-12(5)17-21-14/h9-11,13,15H,6-8H2,1-5H3/t10-,11+,13+/m1/s1. The molecule has 0 bridgehead atoms. The van der Waals surface area contributed by atoms with Crippen molar-refractivity contribution in [1.82, 2.24) is 19.8 Å². The van der Waals surface area contributed by atoms with E-state index in [-0.39, 0.29) is 23.3 Å². The number of hydrogen-bond donors (Lipinski definition) is 1. The predicted octanol–water partition coefficient (Wildman–Crippen LogP) is 1.48. The van der Waals surface area contributed by atoms with Crippen LogP contribution in [0.3, 0.4) is 0 Å². The second-order valence-electron chi connectivity index (χ2n) is 6.39. The van der Waals surface area contributed by atoms with E-state index in [4.69, 9.17) is 4.52 Å². The quantitative estimate of drug-likeness (QED) is 0.879. The van der Waals surface area contributed by atoms with Crippen molar-refractivity contribution in [3.05, 3.63) is 11.7 Å². The van der Waals surface area contributed by atoms with E-state index in [1.54, 1.807) is 25.1 Å². The Labute approximate surface area is 132 Å². The van der Waals surface area contributed by atoms with Gasteiger partial charge in [-0.05, 0) is 40.0 Å². The normalized spacial score (nSPS) is 25.5. The maximum Gasteiger partial charge on any atom is 0.243 e. The molecule has 1 aliphatic rings. The topological polar surface area (TPSA) is 88.3 Å². The molecule has 0 aliphatic carbocycles. The molecule has 22 heavy (non-hydrogen) atoms. The number of aromatic nitrogens is 2. The Kier molecular flexibility index (Phi) is 5.24. The van der Waals surface area contributed by atoms with Crippen molar-refractivity contribution in [3.8, 4) is 0 Å². The van der Waals surface area contributed by atoms with E-state index in [1.807, 2.05) is 6.92 Å². The highest BCUT2D eigenvalue weighted by Crippen LogP contribution is 2.23. The molecule has 0 saturated carbocycles. The van der Waals surface area contributed by atoms with Crippen LogP contribution in [0.2, 0.25) is 0 Å². The van der Waals surface area contributed by atoms with Gasteiger partial charge in [-0.1, -0.05) is 12.1 Å². The van der Waals surface area contributed by atoms with Gasteiger partial charge in [0.15, 0.2) is 5.82 Å². The molecule has 0 spiro atoms. The number of sulfonamides is 1. The Morgan fingerprint density at radius 2 is 2.05 bits per heavy atom. The van der Waals surface area contributed by atoms with E-state index in [9.17, 15) is 8.42 Å². The first-order valence-corrected chi connectivity index (χ1v) is 9.27. The molecule has 3 atom stereocenters. The highest BCUT2D eigenvalue weighted by Gasteiger charge is 2.34. The predicted molar refractivity (Wildman–Crippen MR) is 83.8 cm³/mol. The van der Waals surface area contributed by atoms with Crippen molar-refractivity contribution in [2.75, 3.05) is 13.1 Å². The fourth-order valence-corrected chi connectivity index (χ4v) is 4.16. The van der Waals surface area contributed by atoms with Crippen LogP contribution in [0.4, 0.5) is 0 Å². The van der Waals surface area contributed by atoms with Gasteiger partial charge in [0.2, 0.25) is 15.9 Å². The van der Waals surface area contributed by atoms with Crippen molar-refractivity contribution >= 4 is 10.0 Å². The Bertz CT molecular complexity index is 599. The fourth-order valence-electron chi connectivity index (χ4n) is 2.77. The molecule has 126 valence electrons. The molecule has 1 fully saturated rings. The molecule has 0 amide bonds. The number of hydrogen-bond acceptors (Lipinski definition) is 6. The highest BCUT2D eigenvalue weighted by atomic mass is 32.2. The second kappa shape index (κ2) is 6.64. The van der Waals surface area contributed by atoms with Gasteiger partial charge in [0, 0.05) is 19.1 Å². The summed E-state index contributed by atoms with van der Waals surface area (Å²) in [6, 6.07) is 0.197. The van der Waals surface area contributed by atoms with Crippen LogP contribution in [0, 0.1) is 12.8 Å². The zero-order valence-electron chi connectivity index (χ0n) is 13.9. The molecule has 0 radical (unpaired) electrons. The number of nitrogens with zero attached hydrogens (tertiary/aromatic N) is 3. The lowest BCUT2D eigenvalue weighted by atomic mass is 9.94. The minimum atomic E-state index is -3.17. The first-order chi connectivity index (χ1) is 10.2. The van der Waals surface area contributed by atoms with Crippen LogP contribution in [0.25, 0.3) is 0 Å². The Hall–Kier alpha value is -0.990. The summed E-state index contributed by atoms with van der Waals surface area (Å²) in [6.45, 7) is 10.4. The first-order valence-electron chi connectivity index (χ1n) is 7.77. The highest BCUT2D eigenvalue weighted by molar-refractivity contribution is 7.89. The van der Waals surface area contributed by atoms with Gasteiger partial charge in [0.1, 0.15) is 0 Å². The minimum Gasteiger partial charge on any atom is -0.338 e. The van der Waals surface area contributed by atoms with Crippen molar-refractivity contribution in [2.45, 2.75) is 58.4 Å². The average molecular weight is 330 g/mol. The van der Waals surface area contributed by atoms with Crippen molar-refractivity contribution < 1.29 is 12.9 Å². The third-order valence-corrected chi connectivity index (χ3v) is 6.44. The van der Waals surface area contributed by atoms with Crippen LogP contribution >= 0.6 is 0 Å². The van der Waals surface area contributed by atoms with E-state index in [1.165, 1.54) is 0 Å². The summed E-state index contributed by atoms with van der Waals surface area (Å²) in [7, 11) is -3.17. The molecule has 0 aromatic carbocycles. The molecule has 8 heteroatoms. The van der Waals surface area contributed by atoms with Gasteiger partial charge in [0.05, 0.1) is 11.3 Å². The van der Waals surface area contributed by atoms with Crippen LogP contribution in [0.15, 0.2) is 4.52 Å². The number of nitrogens with one attached hydrogen (secondary N) is 1. The summed E-state index contributed by atoms with van der Waals surface area (Å²) in [5.74, 6) is 1.42. The third kappa shape index (κ3) is 3.67. The zero-order valence-corrected chi connectivity index (χ0v) is 14.7. The molecule has 0 unspecified atom stereocenters. The summed E-state index contributed by atoms with van der Waals surface area (Å²) < 4.78 is 31.3. The second-order valence-corrected chi connectivity index (χ2v) is 8.88. The van der Waals surface area contributed by atoms with E-state index in [0.717, 1.165) is 6.42 Å². The molecule has 2 heterocycles. The molecule has 1 aliphatic heterocycles. The number of piperidine rings is 1. The van der Waals surface area contributed by atoms with Gasteiger partial charge in [-0.2, -0.15) is 4.98 Å². The van der Waals surface area contributed by atoms with Gasteiger partial charge in [-0.15, -0.1) is 0 Å². The lowest BCUT2D eigenvalue weighted by Gasteiger charge is -2.38. The Balaban J connectivity index is 1.96. The number of rotatable bonds is 5. The average Bonchev–Trinajstić information content (AvgIpc) is 2.87. The molecule has 7 nitrogen and oxygen atoms in total. The Morgan fingerprint density at radius 1 is 1.36 bits per heavy atom. The van der Waals surface area contributed by atoms with Gasteiger partial charge >= 0.3 is 0 Å². The maximum atomic E-state index is 12.3. The minimum absolute atomic E-state index is 0.0399. The molecule has 1 aromatic heterocycles. The Morgan fingerprint density at radius 3 is 2.55 bits per heavy atom. The molecule has 1 N–H and O–H groups in total. The largest absolute Gasteiger partial charge is 0.338 e. The van der Waals surface area contributed by atoms with E-state index in [0.29, 0.717) is 24.8 Å². The SMILES string of the molecule is Cc1noc([C@H](C)N[C@H]2CCN(S(=O)(=O)C(C)C)C[C@H]2C)n1. The van der Waals surface area contributed by atoms with Crippen LogP contribution < -0.4 is 5.32 Å². The lowest BCUT2D eigenvalue weighted by molar-refractivity contribution is 0.199. The summed E-state index contributed by atoms with van der Waals surface area (Å²) in [6.07, 6.45) is 0.782. The fraction of sp³-hybridized carbons (Fsp3) is 0.857. The zero-order chi connectivity index (χ0) is 16.5. The van der Waals surface area contributed by atoms with Crippen LogP contribution in [-0.4, -0.2) is 47.2 Å². The first kappa shape index (κ1) is 17.4. The van der Waals surface area contributed by atoms with Crippen molar-refractivity contribution in [2.24, 2.45) is 5.92 Å². The number of aryl methyl sites for hydroxylation is 1. The van der Waals surface area contributed by atoms with Crippen molar-refractivity contribution in [1.29, 1.82) is 0 Å². The van der Waals surface area contributed by atoms with Crippen molar-refractivity contribution in [3.63, 3.8) is 0 Å². The molecule has 2 rings (SSSR count). The van der Waals surface area contributed by atoms with Gasteiger partial charge in [-0.3, -0.25) is 0 Å². The smallest absolute Gasteiger partial charge is 0.243 e. The molecule has 1 aromatic rings. The van der Waals surface area contributed by atoms with Crippen LogP contribution in [0.5, 0.6) is 0 Å². The van der Waals surface area contributed by atoms with E-state index in [2.05, 4.69) is 22.4 Å². The maximum absolute atomic E-state index is 12.3. The van der Waals surface area contributed by atoms with Gasteiger partial charge in [-0.25, -0.2) is 12.7 Å². The molecular weight excluding hydrogens is 304 g/mol. The summed E-state index contributed by atoms with van der Waals surface area (Å²) in [5, 5.41) is 6.91.